The van der Waals surface area contributed by atoms with Gasteiger partial charge in [-0.3, -0.25) is 4.79 Å². The second kappa shape index (κ2) is 12.6. The van der Waals surface area contributed by atoms with Crippen LogP contribution in [0.5, 0.6) is 0 Å². The number of ether oxygens (including phenoxy) is 1. The van der Waals surface area contributed by atoms with Gasteiger partial charge in [-0.15, -0.1) is 0 Å². The zero-order valence-electron chi connectivity index (χ0n) is 18.5. The lowest BCUT2D eigenvalue weighted by molar-refractivity contribution is -0.117. The van der Waals surface area contributed by atoms with E-state index >= 15 is 0 Å². The Morgan fingerprint density at radius 3 is 2.83 bits per heavy atom. The Kier molecular flexibility index (Phi) is 9.83. The number of benzene rings is 1. The number of rotatable bonds is 9. The van der Waals surface area contributed by atoms with Crippen LogP contribution in [0.25, 0.3) is 0 Å². The van der Waals surface area contributed by atoms with Gasteiger partial charge >= 0.3 is 0 Å². The van der Waals surface area contributed by atoms with Gasteiger partial charge in [-0.25, -0.2) is 4.99 Å². The summed E-state index contributed by atoms with van der Waals surface area (Å²) in [5, 5.41) is 0.730. The van der Waals surface area contributed by atoms with Crippen LogP contribution in [0.4, 0.5) is 0 Å². The molecular weight excluding hydrogens is 396 g/mol. The number of halogens is 1. The number of amides is 1. The highest BCUT2D eigenvalue weighted by molar-refractivity contribution is 6.30. The van der Waals surface area contributed by atoms with E-state index in [0.29, 0.717) is 18.3 Å². The molecule has 5 heteroatoms. The Hall–Kier alpha value is -1.23. The van der Waals surface area contributed by atoms with Gasteiger partial charge in [0.1, 0.15) is 0 Å². The Labute approximate surface area is 187 Å². The third-order valence-electron chi connectivity index (χ3n) is 6.47. The topological polar surface area (TPSA) is 41.9 Å². The molecule has 2 aliphatic rings. The van der Waals surface area contributed by atoms with E-state index in [1.54, 1.807) is 0 Å². The zero-order valence-corrected chi connectivity index (χ0v) is 19.2. The average Bonchev–Trinajstić information content (AvgIpc) is 2.77. The Morgan fingerprint density at radius 1 is 1.20 bits per heavy atom. The summed E-state index contributed by atoms with van der Waals surface area (Å²) in [5.74, 6) is 1.18. The van der Waals surface area contributed by atoms with Gasteiger partial charge < -0.3 is 9.64 Å². The van der Waals surface area contributed by atoms with E-state index < -0.39 is 0 Å². The maximum Gasteiger partial charge on any atom is 0.245 e. The number of carbonyl (C=O) groups is 1. The first-order valence-corrected chi connectivity index (χ1v) is 12.2. The average molecular weight is 433 g/mol. The summed E-state index contributed by atoms with van der Waals surface area (Å²) >= 11 is 5.94. The van der Waals surface area contributed by atoms with E-state index in [0.717, 1.165) is 61.9 Å². The van der Waals surface area contributed by atoms with E-state index in [4.69, 9.17) is 16.3 Å². The van der Waals surface area contributed by atoms with Crippen molar-refractivity contribution in [3.63, 3.8) is 0 Å². The van der Waals surface area contributed by atoms with Crippen molar-refractivity contribution in [2.24, 2.45) is 16.8 Å². The number of hydrogen-bond acceptors (Lipinski definition) is 3. The second-order valence-corrected chi connectivity index (χ2v) is 9.26. The molecule has 1 aliphatic heterocycles. The third kappa shape index (κ3) is 7.79. The normalized spacial score (nSPS) is 24.3. The molecule has 4 nitrogen and oxygen atoms in total. The second-order valence-electron chi connectivity index (χ2n) is 8.82. The highest BCUT2D eigenvalue weighted by atomic mass is 35.5. The van der Waals surface area contributed by atoms with Gasteiger partial charge in [0, 0.05) is 30.3 Å². The van der Waals surface area contributed by atoms with Gasteiger partial charge in [0.05, 0.1) is 6.61 Å². The summed E-state index contributed by atoms with van der Waals surface area (Å²) in [6, 6.07) is 7.74. The molecule has 1 aliphatic carbocycles. The van der Waals surface area contributed by atoms with E-state index in [2.05, 4.69) is 16.8 Å². The van der Waals surface area contributed by atoms with Crippen molar-refractivity contribution in [3.05, 3.63) is 34.9 Å². The maximum atomic E-state index is 12.5. The number of piperidine rings is 1. The van der Waals surface area contributed by atoms with Crippen LogP contribution in [0.1, 0.15) is 63.9 Å². The molecule has 1 aromatic carbocycles. The molecule has 0 bridgehead atoms. The lowest BCUT2D eigenvalue weighted by Crippen LogP contribution is -2.39. The van der Waals surface area contributed by atoms with Gasteiger partial charge in [0.25, 0.3) is 0 Å². The van der Waals surface area contributed by atoms with E-state index in [-0.39, 0.29) is 5.91 Å². The molecular formula is C25H37ClN2O2. The van der Waals surface area contributed by atoms with E-state index in [1.807, 2.05) is 24.3 Å². The number of nitrogens with zero attached hydrogens (tertiary/aromatic N) is 2. The first-order valence-electron chi connectivity index (χ1n) is 11.8. The molecule has 0 spiro atoms. The number of aryl methyl sites for hydroxylation is 1. The van der Waals surface area contributed by atoms with Gasteiger partial charge in [-0.05, 0) is 94.5 Å². The molecule has 0 aromatic heterocycles. The quantitative estimate of drug-likeness (QED) is 0.512. The predicted molar refractivity (Wildman–Crippen MR) is 124 cm³/mol. The van der Waals surface area contributed by atoms with Gasteiger partial charge in [0.2, 0.25) is 5.91 Å². The first-order chi connectivity index (χ1) is 14.6. The summed E-state index contributed by atoms with van der Waals surface area (Å²) < 4.78 is 5.65. The van der Waals surface area contributed by atoms with Gasteiger partial charge in [-0.1, -0.05) is 30.2 Å². The van der Waals surface area contributed by atoms with Gasteiger partial charge in [0.15, 0.2) is 0 Å². The molecule has 30 heavy (non-hydrogen) atoms. The zero-order chi connectivity index (χ0) is 21.2. The van der Waals surface area contributed by atoms with E-state index in [9.17, 15) is 4.79 Å². The molecule has 0 radical (unpaired) electrons. The van der Waals surface area contributed by atoms with Crippen molar-refractivity contribution in [2.45, 2.75) is 64.7 Å². The SMILES string of the molecule is CCOCC1CCCN(CCC2CCCCC2=NC(=O)CCc2ccc(Cl)cc2)C1. The minimum absolute atomic E-state index is 0.0293. The largest absolute Gasteiger partial charge is 0.381 e. The summed E-state index contributed by atoms with van der Waals surface area (Å²) in [7, 11) is 0. The van der Waals surface area contributed by atoms with Crippen molar-refractivity contribution in [2.75, 3.05) is 32.8 Å². The highest BCUT2D eigenvalue weighted by Crippen LogP contribution is 2.26. The molecule has 1 aromatic rings. The Morgan fingerprint density at radius 2 is 2.03 bits per heavy atom. The summed E-state index contributed by atoms with van der Waals surface area (Å²) in [6.07, 6.45) is 9.49. The number of aliphatic imine (C=N–C) groups is 1. The number of carbonyl (C=O) groups excluding carboxylic acids is 1. The predicted octanol–water partition coefficient (Wildman–Crippen LogP) is 5.57. The van der Waals surface area contributed by atoms with Crippen LogP contribution in [-0.4, -0.2) is 49.4 Å². The van der Waals surface area contributed by atoms with Crippen molar-refractivity contribution in [1.29, 1.82) is 0 Å². The molecule has 1 amide bonds. The molecule has 2 unspecified atom stereocenters. The van der Waals surface area contributed by atoms with Crippen LogP contribution in [0.15, 0.2) is 29.3 Å². The monoisotopic (exact) mass is 432 g/mol. The molecule has 1 heterocycles. The number of hydrogen-bond donors (Lipinski definition) is 0. The van der Waals surface area contributed by atoms with Crippen LogP contribution >= 0.6 is 11.6 Å². The number of likely N-dealkylation sites (tertiary alicyclic amines) is 1. The van der Waals surface area contributed by atoms with Crippen molar-refractivity contribution in [1.82, 2.24) is 4.90 Å². The van der Waals surface area contributed by atoms with Crippen molar-refractivity contribution in [3.8, 4) is 0 Å². The minimum atomic E-state index is 0.0293. The van der Waals surface area contributed by atoms with Crippen LogP contribution in [-0.2, 0) is 16.0 Å². The molecule has 3 rings (SSSR count). The molecule has 2 fully saturated rings. The lowest BCUT2D eigenvalue weighted by atomic mass is 9.84. The van der Waals surface area contributed by atoms with Crippen LogP contribution < -0.4 is 0 Å². The van der Waals surface area contributed by atoms with Crippen molar-refractivity contribution < 1.29 is 9.53 Å². The summed E-state index contributed by atoms with van der Waals surface area (Å²) in [4.78, 5) is 19.7. The first kappa shape index (κ1) is 23.4. The smallest absolute Gasteiger partial charge is 0.245 e. The fourth-order valence-corrected chi connectivity index (χ4v) is 4.88. The third-order valence-corrected chi connectivity index (χ3v) is 6.72. The fraction of sp³-hybridized carbons (Fsp3) is 0.680. The van der Waals surface area contributed by atoms with E-state index in [1.165, 1.54) is 38.6 Å². The summed E-state index contributed by atoms with van der Waals surface area (Å²) in [6.45, 7) is 7.24. The molecule has 2 atom stereocenters. The maximum absolute atomic E-state index is 12.5. The summed E-state index contributed by atoms with van der Waals surface area (Å²) in [5.41, 5.74) is 2.30. The van der Waals surface area contributed by atoms with Crippen LogP contribution in [0, 0.1) is 11.8 Å². The fourth-order valence-electron chi connectivity index (χ4n) is 4.76. The van der Waals surface area contributed by atoms with Crippen LogP contribution in [0.2, 0.25) is 5.02 Å². The standard InChI is InChI=1S/C25H37ClN2O2/c1-2-30-19-21-6-5-16-28(18-21)17-15-22-7-3-4-8-24(22)27-25(29)14-11-20-9-12-23(26)13-10-20/h9-10,12-13,21-22H,2-8,11,14-19H2,1H3. The molecule has 166 valence electrons. The lowest BCUT2D eigenvalue weighted by Gasteiger charge is -2.34. The van der Waals surface area contributed by atoms with Crippen LogP contribution in [0.3, 0.4) is 0 Å². The Balaban J connectivity index is 1.47. The Bertz CT molecular complexity index is 689. The highest BCUT2D eigenvalue weighted by Gasteiger charge is 2.24. The van der Waals surface area contributed by atoms with Crippen molar-refractivity contribution >= 4 is 23.2 Å². The molecule has 0 N–H and O–H groups in total. The molecule has 1 saturated heterocycles. The molecule has 1 saturated carbocycles. The van der Waals surface area contributed by atoms with Gasteiger partial charge in [-0.2, -0.15) is 0 Å². The minimum Gasteiger partial charge on any atom is -0.381 e.